The third kappa shape index (κ3) is 4.49. The topological polar surface area (TPSA) is 105 Å². The number of rotatable bonds is 6. The minimum atomic E-state index is -0.652. The summed E-state index contributed by atoms with van der Waals surface area (Å²) in [6.45, 7) is 0. The van der Waals surface area contributed by atoms with E-state index in [1.165, 1.54) is 12.1 Å². The second kappa shape index (κ2) is 8.87. The summed E-state index contributed by atoms with van der Waals surface area (Å²) in [7, 11) is 3.89. The summed E-state index contributed by atoms with van der Waals surface area (Å²) in [5.41, 5.74) is 2.99. The summed E-state index contributed by atoms with van der Waals surface area (Å²) in [6, 6.07) is 18.4. The van der Waals surface area contributed by atoms with E-state index < -0.39 is 9.85 Å². The Hall–Kier alpha value is -3.98. The molecule has 0 amide bonds. The van der Waals surface area contributed by atoms with Crippen LogP contribution in [0.2, 0.25) is 5.02 Å². The van der Waals surface area contributed by atoms with Gasteiger partial charge in [-0.2, -0.15) is 5.10 Å². The molecule has 0 aliphatic carbocycles. The number of nitro groups is 2. The fraction of sp³-hybridized carbons (Fsp3) is 0.174. The first-order valence-corrected chi connectivity index (χ1v) is 10.4. The molecule has 0 unspecified atom stereocenters. The van der Waals surface area contributed by atoms with E-state index >= 15 is 0 Å². The molecule has 1 heterocycles. The maximum atomic E-state index is 11.8. The van der Waals surface area contributed by atoms with E-state index in [0.717, 1.165) is 28.6 Å². The van der Waals surface area contributed by atoms with Crippen molar-refractivity contribution >= 4 is 40.1 Å². The number of benzene rings is 3. The Morgan fingerprint density at radius 1 is 0.970 bits per heavy atom. The fourth-order valence-corrected chi connectivity index (χ4v) is 3.89. The van der Waals surface area contributed by atoms with E-state index in [0.29, 0.717) is 11.4 Å². The average Bonchev–Trinajstić information content (AvgIpc) is 3.24. The Morgan fingerprint density at radius 3 is 2.21 bits per heavy atom. The molecule has 1 aliphatic rings. The molecule has 0 fully saturated rings. The van der Waals surface area contributed by atoms with Crippen LogP contribution in [0.15, 0.2) is 71.8 Å². The molecular weight excluding hydrogens is 446 g/mol. The van der Waals surface area contributed by atoms with Crippen LogP contribution in [-0.4, -0.2) is 29.7 Å². The smallest absolute Gasteiger partial charge is 0.301 e. The monoisotopic (exact) mass is 465 g/mol. The molecule has 4 rings (SSSR count). The lowest BCUT2D eigenvalue weighted by atomic mass is 9.97. The molecular formula is C23H20ClN5O4. The van der Waals surface area contributed by atoms with Crippen molar-refractivity contribution < 1.29 is 9.85 Å². The van der Waals surface area contributed by atoms with Crippen molar-refractivity contribution in [1.82, 2.24) is 0 Å². The van der Waals surface area contributed by atoms with Gasteiger partial charge < -0.3 is 4.90 Å². The highest BCUT2D eigenvalue weighted by atomic mass is 35.5. The second-order valence-electron chi connectivity index (χ2n) is 7.79. The maximum absolute atomic E-state index is 11.8. The molecule has 3 aromatic carbocycles. The zero-order valence-electron chi connectivity index (χ0n) is 17.9. The van der Waals surface area contributed by atoms with Gasteiger partial charge in [-0.05, 0) is 41.5 Å². The molecule has 10 heteroatoms. The lowest BCUT2D eigenvalue weighted by Crippen LogP contribution is -2.20. The summed E-state index contributed by atoms with van der Waals surface area (Å²) < 4.78 is 0. The van der Waals surface area contributed by atoms with Gasteiger partial charge in [-0.3, -0.25) is 25.2 Å². The molecule has 0 aromatic heterocycles. The number of hydrogen-bond acceptors (Lipinski definition) is 7. The minimum absolute atomic E-state index is 0.191. The SMILES string of the molecule is CN(C)c1ccc([C@H]2CC(c3ccc(Cl)cc3)=NN2c2ccc([N+](=O)[O-])cc2[N+](=O)[O-])cc1. The van der Waals surface area contributed by atoms with E-state index in [9.17, 15) is 20.2 Å². The average molecular weight is 466 g/mol. The number of halogens is 1. The van der Waals surface area contributed by atoms with Gasteiger partial charge in [-0.25, -0.2) is 0 Å². The van der Waals surface area contributed by atoms with Crippen LogP contribution in [0.4, 0.5) is 22.7 Å². The van der Waals surface area contributed by atoms with E-state index in [2.05, 4.69) is 0 Å². The van der Waals surface area contributed by atoms with Gasteiger partial charge in [-0.15, -0.1) is 0 Å². The van der Waals surface area contributed by atoms with Crippen molar-refractivity contribution in [3.63, 3.8) is 0 Å². The quantitative estimate of drug-likeness (QED) is 0.347. The number of nitrogens with zero attached hydrogens (tertiary/aromatic N) is 5. The first-order valence-electron chi connectivity index (χ1n) is 10.1. The minimum Gasteiger partial charge on any atom is -0.378 e. The van der Waals surface area contributed by atoms with Crippen molar-refractivity contribution in [1.29, 1.82) is 0 Å². The van der Waals surface area contributed by atoms with Crippen LogP contribution in [0.1, 0.15) is 23.6 Å². The first-order chi connectivity index (χ1) is 15.7. The summed E-state index contributed by atoms with van der Waals surface area (Å²) in [5, 5.41) is 29.9. The van der Waals surface area contributed by atoms with Crippen LogP contribution in [0.25, 0.3) is 0 Å². The van der Waals surface area contributed by atoms with Gasteiger partial charge in [-0.1, -0.05) is 35.9 Å². The van der Waals surface area contributed by atoms with Gasteiger partial charge in [0.2, 0.25) is 0 Å². The molecule has 0 radical (unpaired) electrons. The van der Waals surface area contributed by atoms with Crippen LogP contribution in [0.3, 0.4) is 0 Å². The third-order valence-corrected chi connectivity index (χ3v) is 5.75. The Labute approximate surface area is 194 Å². The predicted molar refractivity (Wildman–Crippen MR) is 128 cm³/mol. The van der Waals surface area contributed by atoms with Crippen molar-refractivity contribution in [3.8, 4) is 0 Å². The summed E-state index contributed by atoms with van der Waals surface area (Å²) in [4.78, 5) is 23.7. The molecule has 0 N–H and O–H groups in total. The van der Waals surface area contributed by atoms with Crippen LogP contribution < -0.4 is 9.91 Å². The molecule has 0 saturated carbocycles. The Bertz CT molecular complexity index is 1240. The molecule has 33 heavy (non-hydrogen) atoms. The van der Waals surface area contributed by atoms with Gasteiger partial charge in [0.1, 0.15) is 5.69 Å². The lowest BCUT2D eigenvalue weighted by Gasteiger charge is -2.24. The van der Waals surface area contributed by atoms with Crippen LogP contribution in [0, 0.1) is 20.2 Å². The molecule has 9 nitrogen and oxygen atoms in total. The standard InChI is InChI=1S/C23H20ClN5O4/c1-26(2)18-9-5-16(6-10-18)22-14-20(15-3-7-17(24)8-4-15)25-27(22)21-12-11-19(28(30)31)13-23(21)29(32)33/h3-13,22H,14H2,1-2H3/t22-/m1/s1. The van der Waals surface area contributed by atoms with Crippen molar-refractivity contribution in [2.75, 3.05) is 24.0 Å². The zero-order chi connectivity index (χ0) is 23.7. The number of hydrogen-bond donors (Lipinski definition) is 0. The molecule has 168 valence electrons. The van der Waals surface area contributed by atoms with Crippen molar-refractivity contribution in [3.05, 3.63) is 103 Å². The Balaban J connectivity index is 1.82. The van der Waals surface area contributed by atoms with E-state index in [-0.39, 0.29) is 23.1 Å². The third-order valence-electron chi connectivity index (χ3n) is 5.50. The first kappa shape index (κ1) is 22.2. The van der Waals surface area contributed by atoms with E-state index in [1.807, 2.05) is 55.4 Å². The molecule has 3 aromatic rings. The highest BCUT2D eigenvalue weighted by Crippen LogP contribution is 2.42. The van der Waals surface area contributed by atoms with Crippen LogP contribution in [-0.2, 0) is 0 Å². The molecule has 0 bridgehead atoms. The predicted octanol–water partition coefficient (Wildman–Crippen LogP) is 5.58. The molecule has 1 aliphatic heterocycles. The molecule has 0 spiro atoms. The Kier molecular flexibility index (Phi) is 5.97. The lowest BCUT2D eigenvalue weighted by molar-refractivity contribution is -0.393. The fourth-order valence-electron chi connectivity index (χ4n) is 3.77. The summed E-state index contributed by atoms with van der Waals surface area (Å²) in [6.07, 6.45) is 0.497. The van der Waals surface area contributed by atoms with Crippen molar-refractivity contribution in [2.24, 2.45) is 5.10 Å². The largest absolute Gasteiger partial charge is 0.378 e. The molecule has 0 saturated heterocycles. The number of anilines is 2. The zero-order valence-corrected chi connectivity index (χ0v) is 18.6. The van der Waals surface area contributed by atoms with Crippen molar-refractivity contribution in [2.45, 2.75) is 12.5 Å². The number of non-ortho nitro benzene ring substituents is 1. The summed E-state index contributed by atoms with van der Waals surface area (Å²) in [5.74, 6) is 0. The maximum Gasteiger partial charge on any atom is 0.301 e. The highest BCUT2D eigenvalue weighted by molar-refractivity contribution is 6.30. The summed E-state index contributed by atoms with van der Waals surface area (Å²) >= 11 is 6.02. The second-order valence-corrected chi connectivity index (χ2v) is 8.23. The van der Waals surface area contributed by atoms with Gasteiger partial charge in [0.15, 0.2) is 0 Å². The highest BCUT2D eigenvalue weighted by Gasteiger charge is 2.34. The molecule has 1 atom stereocenters. The number of hydrazone groups is 1. The van der Waals surface area contributed by atoms with Crippen LogP contribution >= 0.6 is 11.6 Å². The van der Waals surface area contributed by atoms with E-state index in [4.69, 9.17) is 16.7 Å². The number of nitro benzene ring substituents is 2. The normalized spacial score (nSPS) is 15.3. The van der Waals surface area contributed by atoms with Crippen LogP contribution in [0.5, 0.6) is 0 Å². The van der Waals surface area contributed by atoms with Gasteiger partial charge in [0.05, 0.1) is 27.7 Å². The van der Waals surface area contributed by atoms with Gasteiger partial charge in [0, 0.05) is 37.3 Å². The van der Waals surface area contributed by atoms with E-state index in [1.54, 1.807) is 17.1 Å². The van der Waals surface area contributed by atoms with Gasteiger partial charge in [0.25, 0.3) is 5.69 Å². The van der Waals surface area contributed by atoms with Gasteiger partial charge >= 0.3 is 5.69 Å². The Morgan fingerprint density at radius 2 is 1.64 bits per heavy atom.